The number of pyridine rings is 3. The van der Waals surface area contributed by atoms with E-state index in [-0.39, 0.29) is 24.8 Å². The molecule has 7 rings (SSSR count). The number of nitrogens with zero attached hydrogens (tertiary/aromatic N) is 6. The van der Waals surface area contributed by atoms with Gasteiger partial charge >= 0.3 is 0 Å². The van der Waals surface area contributed by atoms with Crippen LogP contribution in [-0.2, 0) is 11.2 Å². The van der Waals surface area contributed by atoms with Crippen LogP contribution < -0.4 is 15.0 Å². The predicted octanol–water partition coefficient (Wildman–Crippen LogP) is 4.23. The van der Waals surface area contributed by atoms with E-state index in [9.17, 15) is 10.4 Å². The number of fused-ring (bicyclic) bond motifs is 3. The Morgan fingerprint density at radius 2 is 1.93 bits per heavy atom. The van der Waals surface area contributed by atoms with Crippen molar-refractivity contribution >= 4 is 36.1 Å². The number of hydrogen-bond acceptors (Lipinski definition) is 9. The highest BCUT2D eigenvalue weighted by Crippen LogP contribution is 2.34. The number of hydrogen-bond donors (Lipinski definition) is 2. The number of aromatic nitrogens is 4. The molecule has 2 aliphatic heterocycles. The molecule has 0 radical (unpaired) electrons. The summed E-state index contributed by atoms with van der Waals surface area (Å²) in [5.41, 5.74) is 3.09. The lowest BCUT2D eigenvalue weighted by Crippen LogP contribution is -2.46. The van der Waals surface area contributed by atoms with Gasteiger partial charge in [0.1, 0.15) is 24.2 Å². The van der Waals surface area contributed by atoms with Gasteiger partial charge in [-0.15, -0.1) is 24.8 Å². The van der Waals surface area contributed by atoms with Gasteiger partial charge in [0.25, 0.3) is 0 Å². The maximum atomic E-state index is 11.2. The Labute approximate surface area is 269 Å². The average molecular weight is 639 g/mol. The first-order chi connectivity index (χ1) is 20.6. The van der Waals surface area contributed by atoms with Gasteiger partial charge in [0.05, 0.1) is 41.8 Å². The second-order valence-electron chi connectivity index (χ2n) is 11.8. The molecule has 2 saturated heterocycles. The summed E-state index contributed by atoms with van der Waals surface area (Å²) in [5.74, 6) is 2.14. The van der Waals surface area contributed by atoms with Crippen LogP contribution in [0.25, 0.3) is 16.6 Å². The smallest absolute Gasteiger partial charge is 0.138 e. The summed E-state index contributed by atoms with van der Waals surface area (Å²) in [6, 6.07) is 14.7. The van der Waals surface area contributed by atoms with Crippen molar-refractivity contribution in [1.82, 2.24) is 24.9 Å². The van der Waals surface area contributed by atoms with Gasteiger partial charge in [-0.3, -0.25) is 4.98 Å². The molecule has 3 fully saturated rings. The van der Waals surface area contributed by atoms with Gasteiger partial charge in [0, 0.05) is 61.3 Å². The normalized spacial score (nSPS) is 21.8. The fourth-order valence-electron chi connectivity index (χ4n) is 6.73. The lowest BCUT2D eigenvalue weighted by Gasteiger charge is -2.38. The molecule has 1 saturated carbocycles. The molecular formula is C32H37Cl2N7O3. The maximum absolute atomic E-state index is 11.2. The van der Waals surface area contributed by atoms with Gasteiger partial charge in [0.2, 0.25) is 0 Å². The minimum absolute atomic E-state index is 0. The molecule has 3 atom stereocenters. The number of ether oxygens (including phenoxy) is 2. The third-order valence-electron chi connectivity index (χ3n) is 9.00. The fraction of sp³-hybridized carbons (Fsp3) is 0.438. The van der Waals surface area contributed by atoms with Crippen molar-refractivity contribution in [3.05, 3.63) is 72.4 Å². The quantitative estimate of drug-likeness (QED) is 0.260. The van der Waals surface area contributed by atoms with E-state index in [2.05, 4.69) is 26.4 Å². The van der Waals surface area contributed by atoms with Crippen LogP contribution in [0.2, 0.25) is 0 Å². The van der Waals surface area contributed by atoms with E-state index in [1.807, 2.05) is 48.8 Å². The molecule has 6 heterocycles. The Morgan fingerprint density at radius 1 is 1.07 bits per heavy atom. The summed E-state index contributed by atoms with van der Waals surface area (Å²) in [6.07, 6.45) is 11.5. The molecule has 4 aromatic rings. The molecule has 1 aliphatic carbocycles. The molecule has 10 nitrogen and oxygen atoms in total. The zero-order valence-electron chi connectivity index (χ0n) is 24.3. The third-order valence-corrected chi connectivity index (χ3v) is 9.00. The summed E-state index contributed by atoms with van der Waals surface area (Å²) >= 11 is 0. The molecule has 4 aromatic heterocycles. The molecule has 2 N–H and O–H groups in total. The monoisotopic (exact) mass is 637 g/mol. The van der Waals surface area contributed by atoms with E-state index in [1.165, 1.54) is 6.42 Å². The van der Waals surface area contributed by atoms with E-state index in [4.69, 9.17) is 14.5 Å². The second-order valence-corrected chi connectivity index (χ2v) is 11.8. The maximum Gasteiger partial charge on any atom is 0.138 e. The van der Waals surface area contributed by atoms with Gasteiger partial charge in [-0.25, -0.2) is 9.50 Å². The number of aliphatic hydroxyl groups is 1. The number of nitriles is 1. The molecule has 0 spiro atoms. The predicted molar refractivity (Wildman–Crippen MR) is 172 cm³/mol. The van der Waals surface area contributed by atoms with Gasteiger partial charge in [0.15, 0.2) is 0 Å². The highest BCUT2D eigenvalue weighted by molar-refractivity contribution is 5.86. The van der Waals surface area contributed by atoms with Gasteiger partial charge in [-0.2, -0.15) is 10.4 Å². The minimum atomic E-state index is -0.758. The minimum Gasteiger partial charge on any atom is -0.490 e. The standard InChI is InChI=1S/C32H35N7O3.2ClH/c33-17-24-20-37-39-21-27(41-11-12-42-29-14-26-13-23(29)19-35-26)15-28(31(24)39)22-4-5-30(36-18-22)38-9-6-32(40,7-10-38)16-25-3-1-2-8-34-25;;/h1-5,8,15,18,20-21,23,26,29,35,40H,6-7,9-14,16,19H2;2*1H/t23-,26-,29?;;/m1../s1. The lowest BCUT2D eigenvalue weighted by atomic mass is 9.87. The lowest BCUT2D eigenvalue weighted by molar-refractivity contribution is 0.00627. The van der Waals surface area contributed by atoms with E-state index < -0.39 is 5.60 Å². The highest BCUT2D eigenvalue weighted by atomic mass is 35.5. The van der Waals surface area contributed by atoms with Crippen molar-refractivity contribution in [3.63, 3.8) is 0 Å². The molecule has 12 heteroatoms. The third kappa shape index (κ3) is 6.63. The van der Waals surface area contributed by atoms with Crippen molar-refractivity contribution in [1.29, 1.82) is 5.26 Å². The Balaban J connectivity index is 0.00000192. The van der Waals surface area contributed by atoms with Crippen LogP contribution in [0.5, 0.6) is 5.75 Å². The van der Waals surface area contributed by atoms with Crippen LogP contribution in [0, 0.1) is 17.2 Å². The van der Waals surface area contributed by atoms with Crippen molar-refractivity contribution in [2.45, 2.75) is 49.9 Å². The second kappa shape index (κ2) is 13.7. The Kier molecular flexibility index (Phi) is 9.93. The number of anilines is 1. The number of halogens is 2. The van der Waals surface area contributed by atoms with E-state index >= 15 is 0 Å². The molecule has 1 unspecified atom stereocenters. The molecule has 3 aliphatic rings. The first-order valence-corrected chi connectivity index (χ1v) is 14.8. The van der Waals surface area contributed by atoms with Crippen molar-refractivity contribution in [3.8, 4) is 22.9 Å². The zero-order chi connectivity index (χ0) is 28.5. The molecule has 44 heavy (non-hydrogen) atoms. The molecule has 232 valence electrons. The fourth-order valence-corrected chi connectivity index (χ4v) is 6.73. The molecule has 0 aromatic carbocycles. The number of rotatable bonds is 9. The average Bonchev–Trinajstić information content (AvgIpc) is 3.76. The van der Waals surface area contributed by atoms with Crippen molar-refractivity contribution < 1.29 is 14.6 Å². The van der Waals surface area contributed by atoms with Crippen molar-refractivity contribution in [2.24, 2.45) is 5.92 Å². The van der Waals surface area contributed by atoms with Crippen LogP contribution in [-0.4, -0.2) is 75.3 Å². The molecule has 0 amide bonds. The summed E-state index contributed by atoms with van der Waals surface area (Å²) in [5, 5.41) is 28.8. The first kappa shape index (κ1) is 31.9. The first-order valence-electron chi connectivity index (χ1n) is 14.8. The van der Waals surface area contributed by atoms with Crippen molar-refractivity contribution in [2.75, 3.05) is 37.7 Å². The van der Waals surface area contributed by atoms with Crippen LogP contribution >= 0.6 is 24.8 Å². The van der Waals surface area contributed by atoms with Gasteiger partial charge in [-0.1, -0.05) is 6.07 Å². The number of piperidine rings is 2. The van der Waals surface area contributed by atoms with E-state index in [1.54, 1.807) is 16.9 Å². The molecule has 2 bridgehead atoms. The Bertz CT molecular complexity index is 1590. The Hall–Kier alpha value is -3.46. The topological polar surface area (TPSA) is 121 Å². The summed E-state index contributed by atoms with van der Waals surface area (Å²) < 4.78 is 13.9. The van der Waals surface area contributed by atoms with E-state index in [0.717, 1.165) is 41.1 Å². The van der Waals surface area contributed by atoms with Crippen LogP contribution in [0.15, 0.2) is 61.2 Å². The summed E-state index contributed by atoms with van der Waals surface area (Å²) in [7, 11) is 0. The van der Waals surface area contributed by atoms with Crippen LogP contribution in [0.3, 0.4) is 0 Å². The summed E-state index contributed by atoms with van der Waals surface area (Å²) in [6.45, 7) is 3.45. The summed E-state index contributed by atoms with van der Waals surface area (Å²) in [4.78, 5) is 11.4. The Morgan fingerprint density at radius 3 is 2.61 bits per heavy atom. The largest absolute Gasteiger partial charge is 0.490 e. The highest BCUT2D eigenvalue weighted by Gasteiger charge is 2.40. The van der Waals surface area contributed by atoms with Crippen LogP contribution in [0.1, 0.15) is 36.9 Å². The van der Waals surface area contributed by atoms with E-state index in [0.29, 0.717) is 74.9 Å². The zero-order valence-corrected chi connectivity index (χ0v) is 26.0. The number of nitrogens with one attached hydrogen (secondary N) is 1. The van der Waals surface area contributed by atoms with Gasteiger partial charge < -0.3 is 24.8 Å². The van der Waals surface area contributed by atoms with Gasteiger partial charge in [-0.05, 0) is 61.9 Å². The van der Waals surface area contributed by atoms with Crippen LogP contribution in [0.4, 0.5) is 5.82 Å². The SMILES string of the molecule is Cl.Cl.N#Cc1cnn2cc(OCCOC3C[C@H]4C[C@@H]3CN4)cc(-c3ccc(N4CCC(O)(Cc5ccccn5)CC4)nc3)c12. The molecular weight excluding hydrogens is 601 g/mol.